The van der Waals surface area contributed by atoms with Crippen molar-refractivity contribution in [2.45, 2.75) is 0 Å². The molecule has 0 aromatic carbocycles. The summed E-state index contributed by atoms with van der Waals surface area (Å²) in [4.78, 5) is 15.1. The van der Waals surface area contributed by atoms with Crippen molar-refractivity contribution in [3.63, 3.8) is 0 Å². The Bertz CT molecular complexity index is 341. The minimum Gasteiger partial charge on any atom is -0.334 e. The molecular weight excluding hydrogens is 246 g/mol. The number of aromatic nitrogens is 1. The van der Waals surface area contributed by atoms with Crippen molar-refractivity contribution in [2.24, 2.45) is 0 Å². The third-order valence-electron chi connectivity index (χ3n) is 1.39. The van der Waals surface area contributed by atoms with E-state index in [2.05, 4.69) is 38.1 Å². The Hall–Kier alpha value is -1.36. The highest BCUT2D eigenvalue weighted by molar-refractivity contribution is 9.10. The predicted molar refractivity (Wildman–Crippen MR) is 59.2 cm³/mol. The highest BCUT2D eigenvalue weighted by atomic mass is 79.9. The van der Waals surface area contributed by atoms with Gasteiger partial charge in [-0.3, -0.25) is 0 Å². The summed E-state index contributed by atoms with van der Waals surface area (Å²) in [6.07, 6.45) is 3.22. The summed E-state index contributed by atoms with van der Waals surface area (Å²) < 4.78 is 0.680. The van der Waals surface area contributed by atoms with E-state index in [0.29, 0.717) is 16.8 Å². The lowest BCUT2D eigenvalue weighted by Gasteiger charge is -2.05. The number of carbonyl (C=O) groups is 1. The molecule has 1 aromatic heterocycles. The van der Waals surface area contributed by atoms with E-state index in [1.165, 1.54) is 0 Å². The Morgan fingerprint density at radius 2 is 2.50 bits per heavy atom. The molecule has 0 bridgehead atoms. The van der Waals surface area contributed by atoms with Gasteiger partial charge in [-0.1, -0.05) is 6.08 Å². The largest absolute Gasteiger partial charge is 0.334 e. The van der Waals surface area contributed by atoms with E-state index in [1.54, 1.807) is 24.4 Å². The first-order valence-corrected chi connectivity index (χ1v) is 4.79. The Kier molecular flexibility index (Phi) is 4.12. The summed E-state index contributed by atoms with van der Waals surface area (Å²) in [5, 5.41) is 5.25. The van der Waals surface area contributed by atoms with Crippen LogP contribution in [0.15, 0.2) is 35.6 Å². The van der Waals surface area contributed by atoms with Gasteiger partial charge in [-0.25, -0.2) is 9.78 Å². The molecule has 14 heavy (non-hydrogen) atoms. The number of anilines is 1. The number of carbonyl (C=O) groups excluding carboxylic acids is 1. The molecule has 1 aromatic rings. The molecule has 4 nitrogen and oxygen atoms in total. The second-order valence-electron chi connectivity index (χ2n) is 2.49. The average Bonchev–Trinajstić information content (AvgIpc) is 2.15. The second kappa shape index (κ2) is 5.39. The van der Waals surface area contributed by atoms with Crippen LogP contribution in [0.4, 0.5) is 10.5 Å². The number of hydrogen-bond acceptors (Lipinski definition) is 2. The van der Waals surface area contributed by atoms with Gasteiger partial charge in [0.2, 0.25) is 0 Å². The van der Waals surface area contributed by atoms with E-state index in [4.69, 9.17) is 0 Å². The zero-order valence-electron chi connectivity index (χ0n) is 7.46. The minimum absolute atomic E-state index is 0.261. The van der Waals surface area contributed by atoms with Gasteiger partial charge < -0.3 is 10.6 Å². The summed E-state index contributed by atoms with van der Waals surface area (Å²) in [6, 6.07) is 3.16. The maximum absolute atomic E-state index is 11.2. The van der Waals surface area contributed by atoms with Gasteiger partial charge in [-0.05, 0) is 28.1 Å². The van der Waals surface area contributed by atoms with Crippen LogP contribution in [0.5, 0.6) is 0 Å². The van der Waals surface area contributed by atoms with Crippen LogP contribution in [0.2, 0.25) is 0 Å². The first-order chi connectivity index (χ1) is 6.72. The molecule has 0 saturated heterocycles. The van der Waals surface area contributed by atoms with E-state index in [9.17, 15) is 4.79 Å². The smallest absolute Gasteiger partial charge is 0.319 e. The maximum atomic E-state index is 11.2. The van der Waals surface area contributed by atoms with E-state index < -0.39 is 0 Å². The Morgan fingerprint density at radius 1 is 1.71 bits per heavy atom. The molecule has 2 amide bonds. The standard InChI is InChI=1S/C9H10BrN3O/c1-2-4-12-9(14)13-7-3-5-11-8(10)6-7/h2-3,5-6H,1,4H2,(H2,11,12,13,14). The molecule has 0 unspecified atom stereocenters. The number of pyridine rings is 1. The van der Waals surface area contributed by atoms with Crippen LogP contribution >= 0.6 is 15.9 Å². The van der Waals surface area contributed by atoms with Crippen LogP contribution in [-0.2, 0) is 0 Å². The lowest BCUT2D eigenvalue weighted by Crippen LogP contribution is -2.28. The highest BCUT2D eigenvalue weighted by Gasteiger charge is 1.99. The van der Waals surface area contributed by atoms with E-state index in [1.807, 2.05) is 0 Å². The SMILES string of the molecule is C=CCNC(=O)Nc1ccnc(Br)c1. The molecule has 2 N–H and O–H groups in total. The summed E-state index contributed by atoms with van der Waals surface area (Å²) in [6.45, 7) is 3.94. The molecule has 0 aliphatic rings. The molecule has 0 aliphatic carbocycles. The van der Waals surface area contributed by atoms with Gasteiger partial charge in [-0.15, -0.1) is 6.58 Å². The van der Waals surface area contributed by atoms with Gasteiger partial charge in [-0.2, -0.15) is 0 Å². The molecule has 0 atom stereocenters. The van der Waals surface area contributed by atoms with Crippen molar-refractivity contribution in [3.05, 3.63) is 35.6 Å². The van der Waals surface area contributed by atoms with Crippen molar-refractivity contribution in [3.8, 4) is 0 Å². The summed E-state index contributed by atoms with van der Waals surface area (Å²) in [5.74, 6) is 0. The van der Waals surface area contributed by atoms with Crippen LogP contribution in [0.3, 0.4) is 0 Å². The molecule has 1 rings (SSSR count). The Balaban J connectivity index is 2.51. The zero-order chi connectivity index (χ0) is 10.4. The third kappa shape index (κ3) is 3.57. The van der Waals surface area contributed by atoms with Crippen LogP contribution < -0.4 is 10.6 Å². The van der Waals surface area contributed by atoms with Crippen molar-refractivity contribution < 1.29 is 4.79 Å². The summed E-state index contributed by atoms with van der Waals surface area (Å²) in [7, 11) is 0. The fourth-order valence-corrected chi connectivity index (χ4v) is 1.19. The molecule has 5 heteroatoms. The number of halogens is 1. The van der Waals surface area contributed by atoms with Gasteiger partial charge in [0.05, 0.1) is 0 Å². The van der Waals surface area contributed by atoms with Crippen molar-refractivity contribution in [1.29, 1.82) is 0 Å². The van der Waals surface area contributed by atoms with Crippen LogP contribution in [0.1, 0.15) is 0 Å². The second-order valence-corrected chi connectivity index (χ2v) is 3.30. The number of urea groups is 1. The third-order valence-corrected chi connectivity index (χ3v) is 1.83. The van der Waals surface area contributed by atoms with E-state index in [0.717, 1.165) is 0 Å². The van der Waals surface area contributed by atoms with Gasteiger partial charge >= 0.3 is 6.03 Å². The number of hydrogen-bond donors (Lipinski definition) is 2. The Morgan fingerprint density at radius 3 is 3.14 bits per heavy atom. The van der Waals surface area contributed by atoms with E-state index in [-0.39, 0.29) is 6.03 Å². The number of rotatable bonds is 3. The monoisotopic (exact) mass is 255 g/mol. The first-order valence-electron chi connectivity index (χ1n) is 3.99. The summed E-state index contributed by atoms with van der Waals surface area (Å²) in [5.41, 5.74) is 0.688. The van der Waals surface area contributed by atoms with Gasteiger partial charge in [0.25, 0.3) is 0 Å². The van der Waals surface area contributed by atoms with Crippen molar-refractivity contribution >= 4 is 27.6 Å². The maximum Gasteiger partial charge on any atom is 0.319 e. The molecular formula is C9H10BrN3O. The van der Waals surface area contributed by atoms with Crippen LogP contribution in [0, 0.1) is 0 Å². The highest BCUT2D eigenvalue weighted by Crippen LogP contribution is 2.11. The van der Waals surface area contributed by atoms with Crippen LogP contribution in [0.25, 0.3) is 0 Å². The van der Waals surface area contributed by atoms with Crippen molar-refractivity contribution in [1.82, 2.24) is 10.3 Å². The van der Waals surface area contributed by atoms with Gasteiger partial charge in [0, 0.05) is 18.4 Å². The minimum atomic E-state index is -0.261. The predicted octanol–water partition coefficient (Wildman–Crippen LogP) is 2.15. The lowest BCUT2D eigenvalue weighted by molar-refractivity contribution is 0.253. The van der Waals surface area contributed by atoms with Crippen LogP contribution in [-0.4, -0.2) is 17.6 Å². The lowest BCUT2D eigenvalue weighted by atomic mass is 10.4. The number of nitrogens with zero attached hydrogens (tertiary/aromatic N) is 1. The van der Waals surface area contributed by atoms with Gasteiger partial charge in [0.15, 0.2) is 0 Å². The number of amides is 2. The fraction of sp³-hybridized carbons (Fsp3) is 0.111. The normalized spacial score (nSPS) is 9.21. The molecule has 1 heterocycles. The van der Waals surface area contributed by atoms with E-state index >= 15 is 0 Å². The number of nitrogens with one attached hydrogen (secondary N) is 2. The molecule has 0 spiro atoms. The molecule has 0 fully saturated rings. The van der Waals surface area contributed by atoms with Crippen molar-refractivity contribution in [2.75, 3.05) is 11.9 Å². The first kappa shape index (κ1) is 10.7. The molecule has 0 saturated carbocycles. The zero-order valence-corrected chi connectivity index (χ0v) is 9.04. The fourth-order valence-electron chi connectivity index (χ4n) is 0.820. The molecule has 74 valence electrons. The van der Waals surface area contributed by atoms with Gasteiger partial charge in [0.1, 0.15) is 4.60 Å². The Labute approximate surface area is 90.6 Å². The summed E-state index contributed by atoms with van der Waals surface area (Å²) >= 11 is 3.21. The average molecular weight is 256 g/mol. The molecule has 0 aliphatic heterocycles. The quantitative estimate of drug-likeness (QED) is 0.643. The topological polar surface area (TPSA) is 54.0 Å². The molecule has 0 radical (unpaired) electrons.